The van der Waals surface area contributed by atoms with E-state index in [9.17, 15) is 4.79 Å². The zero-order valence-corrected chi connectivity index (χ0v) is 11.2. The first-order chi connectivity index (χ1) is 9.15. The summed E-state index contributed by atoms with van der Waals surface area (Å²) in [6, 6.07) is 7.91. The molecular weight excluding hydrogens is 238 g/mol. The number of benzene rings is 2. The highest BCUT2D eigenvalue weighted by Gasteiger charge is 2.12. The molecule has 0 radical (unpaired) electrons. The van der Waals surface area contributed by atoms with Gasteiger partial charge in [-0.2, -0.15) is 0 Å². The van der Waals surface area contributed by atoms with Crippen LogP contribution in [0.1, 0.15) is 21.5 Å². The molecule has 0 aliphatic rings. The van der Waals surface area contributed by atoms with Crippen LogP contribution in [0.2, 0.25) is 0 Å². The highest BCUT2D eigenvalue weighted by molar-refractivity contribution is 6.11. The second kappa shape index (κ2) is 4.12. The van der Waals surface area contributed by atoms with Crippen LogP contribution in [0.3, 0.4) is 0 Å². The van der Waals surface area contributed by atoms with Gasteiger partial charge in [0.25, 0.3) is 0 Å². The highest BCUT2D eigenvalue weighted by Crippen LogP contribution is 2.33. The number of methoxy groups -OCH3 is 1. The lowest BCUT2D eigenvalue weighted by Gasteiger charge is -2.04. The minimum absolute atomic E-state index is 0.739. The van der Waals surface area contributed by atoms with Crippen LogP contribution in [0.15, 0.2) is 24.3 Å². The molecule has 3 aromatic rings. The van der Waals surface area contributed by atoms with E-state index in [2.05, 4.69) is 4.98 Å². The van der Waals surface area contributed by atoms with E-state index in [0.717, 1.165) is 50.5 Å². The molecule has 0 amide bonds. The quantitative estimate of drug-likeness (QED) is 0.706. The molecule has 0 aliphatic carbocycles. The average Bonchev–Trinajstić information content (AvgIpc) is 2.81. The van der Waals surface area contributed by atoms with Crippen molar-refractivity contribution in [1.82, 2.24) is 4.98 Å². The summed E-state index contributed by atoms with van der Waals surface area (Å²) >= 11 is 0. The second-order valence-electron chi connectivity index (χ2n) is 4.81. The smallest absolute Gasteiger partial charge is 0.150 e. The summed E-state index contributed by atoms with van der Waals surface area (Å²) < 4.78 is 5.29. The fourth-order valence-corrected chi connectivity index (χ4v) is 2.67. The van der Waals surface area contributed by atoms with E-state index in [0.29, 0.717) is 0 Å². The monoisotopic (exact) mass is 253 g/mol. The van der Waals surface area contributed by atoms with Crippen LogP contribution in [0.4, 0.5) is 0 Å². The number of carbonyl (C=O) groups is 1. The Bertz CT molecular complexity index is 799. The predicted molar refractivity (Wildman–Crippen MR) is 77.2 cm³/mol. The van der Waals surface area contributed by atoms with Gasteiger partial charge in [0, 0.05) is 21.9 Å². The van der Waals surface area contributed by atoms with Crippen molar-refractivity contribution in [2.24, 2.45) is 0 Å². The molecule has 0 saturated carbocycles. The van der Waals surface area contributed by atoms with Crippen molar-refractivity contribution in [2.75, 3.05) is 7.11 Å². The number of carbonyl (C=O) groups excluding carboxylic acids is 1. The van der Waals surface area contributed by atoms with Crippen LogP contribution in [-0.4, -0.2) is 18.4 Å². The van der Waals surface area contributed by atoms with Crippen LogP contribution in [0.25, 0.3) is 21.8 Å². The molecule has 3 rings (SSSR count). The van der Waals surface area contributed by atoms with Gasteiger partial charge < -0.3 is 9.72 Å². The minimum Gasteiger partial charge on any atom is -0.497 e. The maximum atomic E-state index is 11.1. The van der Waals surface area contributed by atoms with E-state index >= 15 is 0 Å². The van der Waals surface area contributed by atoms with E-state index in [-0.39, 0.29) is 0 Å². The topological polar surface area (TPSA) is 42.1 Å². The first-order valence-corrected chi connectivity index (χ1v) is 6.20. The number of ether oxygens (including phenoxy) is 1. The molecule has 2 aromatic carbocycles. The molecule has 1 aromatic heterocycles. The first kappa shape index (κ1) is 11.8. The lowest BCUT2D eigenvalue weighted by Crippen LogP contribution is -1.90. The fourth-order valence-electron chi connectivity index (χ4n) is 2.67. The Morgan fingerprint density at radius 1 is 1.21 bits per heavy atom. The van der Waals surface area contributed by atoms with E-state index in [1.54, 1.807) is 7.11 Å². The maximum absolute atomic E-state index is 11.1. The Balaban J connectivity index is 2.51. The molecule has 0 unspecified atom stereocenters. The predicted octanol–water partition coefficient (Wildman–Crippen LogP) is 3.76. The van der Waals surface area contributed by atoms with Crippen molar-refractivity contribution in [3.63, 3.8) is 0 Å². The van der Waals surface area contributed by atoms with Gasteiger partial charge in [-0.3, -0.25) is 4.79 Å². The average molecular weight is 253 g/mol. The first-order valence-electron chi connectivity index (χ1n) is 6.20. The van der Waals surface area contributed by atoms with Crippen LogP contribution >= 0.6 is 0 Å². The Morgan fingerprint density at radius 2 is 2.00 bits per heavy atom. The van der Waals surface area contributed by atoms with Crippen molar-refractivity contribution in [1.29, 1.82) is 0 Å². The zero-order valence-electron chi connectivity index (χ0n) is 11.2. The van der Waals surface area contributed by atoms with Crippen LogP contribution < -0.4 is 4.74 Å². The lowest BCUT2D eigenvalue weighted by atomic mass is 10.00. The second-order valence-corrected chi connectivity index (χ2v) is 4.81. The van der Waals surface area contributed by atoms with Gasteiger partial charge in [0.1, 0.15) is 12.0 Å². The van der Waals surface area contributed by atoms with Crippen LogP contribution in [0.5, 0.6) is 5.75 Å². The summed E-state index contributed by atoms with van der Waals surface area (Å²) in [5.74, 6) is 0.838. The fraction of sp³-hybridized carbons (Fsp3) is 0.188. The Hall–Kier alpha value is -2.29. The number of rotatable bonds is 2. The molecule has 19 heavy (non-hydrogen) atoms. The molecule has 3 nitrogen and oxygen atoms in total. The number of aromatic amines is 1. The number of hydrogen-bond donors (Lipinski definition) is 1. The minimum atomic E-state index is 0.739. The number of aromatic nitrogens is 1. The van der Waals surface area contributed by atoms with Crippen molar-refractivity contribution >= 4 is 28.1 Å². The van der Waals surface area contributed by atoms with Gasteiger partial charge in [-0.25, -0.2) is 0 Å². The molecule has 0 fully saturated rings. The molecular formula is C16H15NO2. The van der Waals surface area contributed by atoms with Gasteiger partial charge in [-0.1, -0.05) is 0 Å². The summed E-state index contributed by atoms with van der Waals surface area (Å²) in [6.45, 7) is 4.00. The maximum Gasteiger partial charge on any atom is 0.150 e. The summed E-state index contributed by atoms with van der Waals surface area (Å²) in [7, 11) is 1.67. The number of fused-ring (bicyclic) bond motifs is 3. The Kier molecular flexibility index (Phi) is 2.56. The molecule has 0 spiro atoms. The van der Waals surface area contributed by atoms with Crippen LogP contribution in [0, 0.1) is 13.8 Å². The number of hydrogen-bond acceptors (Lipinski definition) is 2. The Morgan fingerprint density at radius 3 is 2.68 bits per heavy atom. The van der Waals surface area contributed by atoms with Gasteiger partial charge in [0.05, 0.1) is 12.6 Å². The largest absolute Gasteiger partial charge is 0.497 e. The zero-order chi connectivity index (χ0) is 13.6. The lowest BCUT2D eigenvalue weighted by molar-refractivity contribution is 0.112. The molecule has 1 heterocycles. The number of aryl methyl sites for hydroxylation is 2. The number of aldehydes is 1. The molecule has 0 atom stereocenters. The molecule has 0 bridgehead atoms. The van der Waals surface area contributed by atoms with Crippen molar-refractivity contribution in [2.45, 2.75) is 13.8 Å². The van der Waals surface area contributed by atoms with E-state index in [1.807, 2.05) is 38.1 Å². The number of nitrogens with one attached hydrogen (secondary N) is 1. The highest BCUT2D eigenvalue weighted by atomic mass is 16.5. The van der Waals surface area contributed by atoms with Gasteiger partial charge in [0.15, 0.2) is 0 Å². The van der Waals surface area contributed by atoms with Gasteiger partial charge >= 0.3 is 0 Å². The van der Waals surface area contributed by atoms with E-state index < -0.39 is 0 Å². The van der Waals surface area contributed by atoms with Crippen molar-refractivity contribution in [3.05, 3.63) is 41.0 Å². The van der Waals surface area contributed by atoms with Crippen LogP contribution in [-0.2, 0) is 0 Å². The SMILES string of the molecule is COc1ccc2[nH]c3c(C)c(C=O)cc(C)c3c2c1. The van der Waals surface area contributed by atoms with Crippen molar-refractivity contribution < 1.29 is 9.53 Å². The summed E-state index contributed by atoms with van der Waals surface area (Å²) in [4.78, 5) is 14.5. The molecule has 3 heteroatoms. The summed E-state index contributed by atoms with van der Waals surface area (Å²) in [5.41, 5.74) is 4.92. The standard InChI is InChI=1S/C16H15NO2/c1-9-6-11(8-18)10(2)16-15(9)13-7-12(19-3)4-5-14(13)17-16/h4-8,17H,1-3H3. The van der Waals surface area contributed by atoms with E-state index in [1.165, 1.54) is 0 Å². The van der Waals surface area contributed by atoms with Gasteiger partial charge in [-0.15, -0.1) is 0 Å². The summed E-state index contributed by atoms with van der Waals surface area (Å²) in [6.07, 6.45) is 0.911. The molecule has 0 aliphatic heterocycles. The summed E-state index contributed by atoms with van der Waals surface area (Å²) in [5, 5.41) is 2.30. The molecule has 1 N–H and O–H groups in total. The third kappa shape index (κ3) is 1.62. The molecule has 0 saturated heterocycles. The third-order valence-corrected chi connectivity index (χ3v) is 3.71. The van der Waals surface area contributed by atoms with Crippen molar-refractivity contribution in [3.8, 4) is 5.75 Å². The van der Waals surface area contributed by atoms with E-state index in [4.69, 9.17) is 4.74 Å². The Labute approximate surface area is 111 Å². The van der Waals surface area contributed by atoms with Gasteiger partial charge in [-0.05, 0) is 49.2 Å². The molecule has 96 valence electrons. The number of H-pyrrole nitrogens is 1. The van der Waals surface area contributed by atoms with Gasteiger partial charge in [0.2, 0.25) is 0 Å². The normalized spacial score (nSPS) is 11.1. The third-order valence-electron chi connectivity index (χ3n) is 3.71.